The molecular formula is C9H8N4O2. The summed E-state index contributed by atoms with van der Waals surface area (Å²) < 4.78 is 10.0. The number of nitrogens with zero attached hydrogens (tertiary/aromatic N) is 4. The molecule has 0 atom stereocenters. The van der Waals surface area contributed by atoms with E-state index in [9.17, 15) is 0 Å². The molecule has 0 N–H and O–H groups in total. The van der Waals surface area contributed by atoms with Gasteiger partial charge in [-0.1, -0.05) is 5.11 Å². The highest BCUT2D eigenvalue weighted by Crippen LogP contribution is 2.35. The summed E-state index contributed by atoms with van der Waals surface area (Å²) in [6.45, 7) is 0. The molecule has 76 valence electrons. The van der Waals surface area contributed by atoms with E-state index in [2.05, 4.69) is 10.0 Å². The average molecular weight is 204 g/mol. The van der Waals surface area contributed by atoms with Crippen molar-refractivity contribution in [3.63, 3.8) is 0 Å². The van der Waals surface area contributed by atoms with Gasteiger partial charge in [0.25, 0.3) is 0 Å². The third kappa shape index (κ3) is 2.10. The van der Waals surface area contributed by atoms with Crippen molar-refractivity contribution in [3.8, 4) is 17.6 Å². The fraction of sp³-hybridized carbons (Fsp3) is 0.222. The zero-order valence-corrected chi connectivity index (χ0v) is 8.26. The van der Waals surface area contributed by atoms with Gasteiger partial charge in [0.15, 0.2) is 11.5 Å². The maximum atomic E-state index is 8.84. The van der Waals surface area contributed by atoms with Gasteiger partial charge in [0.05, 0.1) is 19.8 Å². The van der Waals surface area contributed by atoms with E-state index in [1.54, 1.807) is 0 Å². The molecule has 0 spiro atoms. The van der Waals surface area contributed by atoms with Crippen molar-refractivity contribution in [2.75, 3.05) is 14.2 Å². The Bertz CT molecular complexity index is 458. The summed E-state index contributed by atoms with van der Waals surface area (Å²) >= 11 is 0. The lowest BCUT2D eigenvalue weighted by Gasteiger charge is -2.09. The van der Waals surface area contributed by atoms with Gasteiger partial charge < -0.3 is 9.47 Å². The molecule has 1 rings (SSSR count). The summed E-state index contributed by atoms with van der Waals surface area (Å²) in [6.07, 6.45) is 0. The lowest BCUT2D eigenvalue weighted by molar-refractivity contribution is 0.354. The normalized spacial score (nSPS) is 8.60. The van der Waals surface area contributed by atoms with Crippen LogP contribution in [0.15, 0.2) is 17.2 Å². The quantitative estimate of drug-likeness (QED) is 0.430. The van der Waals surface area contributed by atoms with E-state index < -0.39 is 0 Å². The smallest absolute Gasteiger partial charge is 0.178 e. The standard InChI is InChI=1S/C9H8N4O2/c1-14-8-4-7(12-13-11)3-6(5-10)9(8)15-2/h3-4H,1-2H3. The minimum atomic E-state index is 0.263. The molecular weight excluding hydrogens is 196 g/mol. The summed E-state index contributed by atoms with van der Waals surface area (Å²) in [4.78, 5) is 2.63. The van der Waals surface area contributed by atoms with Crippen LogP contribution < -0.4 is 9.47 Å². The molecule has 0 aliphatic rings. The molecule has 0 aliphatic heterocycles. The number of hydrogen-bond acceptors (Lipinski definition) is 4. The molecule has 0 saturated carbocycles. The van der Waals surface area contributed by atoms with Crippen LogP contribution in [0, 0.1) is 11.3 Å². The molecule has 0 amide bonds. The summed E-state index contributed by atoms with van der Waals surface area (Å²) in [7, 11) is 2.88. The predicted octanol–water partition coefficient (Wildman–Crippen LogP) is 2.52. The van der Waals surface area contributed by atoms with Crippen LogP contribution >= 0.6 is 0 Å². The van der Waals surface area contributed by atoms with E-state index in [1.165, 1.54) is 26.4 Å². The second-order valence-electron chi connectivity index (χ2n) is 2.53. The lowest BCUT2D eigenvalue weighted by Crippen LogP contribution is -1.93. The van der Waals surface area contributed by atoms with Crippen molar-refractivity contribution in [3.05, 3.63) is 28.1 Å². The van der Waals surface area contributed by atoms with Crippen LogP contribution in [-0.4, -0.2) is 14.2 Å². The van der Waals surface area contributed by atoms with E-state index in [-0.39, 0.29) is 5.56 Å². The Hall–Kier alpha value is -2.38. The molecule has 0 unspecified atom stereocenters. The minimum absolute atomic E-state index is 0.263. The van der Waals surface area contributed by atoms with E-state index in [4.69, 9.17) is 20.3 Å². The van der Waals surface area contributed by atoms with Crippen LogP contribution in [-0.2, 0) is 0 Å². The number of azide groups is 1. The van der Waals surface area contributed by atoms with E-state index in [0.717, 1.165) is 0 Å². The molecule has 0 fully saturated rings. The van der Waals surface area contributed by atoms with Crippen LogP contribution in [0.1, 0.15) is 5.56 Å². The SMILES string of the molecule is COc1cc(N=[N+]=[N-])cc(C#N)c1OC. The topological polar surface area (TPSA) is 91.0 Å². The Morgan fingerprint density at radius 2 is 2.13 bits per heavy atom. The van der Waals surface area contributed by atoms with Crippen molar-refractivity contribution < 1.29 is 9.47 Å². The first-order valence-electron chi connectivity index (χ1n) is 3.98. The zero-order valence-electron chi connectivity index (χ0n) is 8.26. The van der Waals surface area contributed by atoms with E-state index in [0.29, 0.717) is 17.2 Å². The molecule has 0 radical (unpaired) electrons. The highest BCUT2D eigenvalue weighted by atomic mass is 16.5. The highest BCUT2D eigenvalue weighted by molar-refractivity contribution is 5.60. The zero-order chi connectivity index (χ0) is 11.3. The van der Waals surface area contributed by atoms with E-state index >= 15 is 0 Å². The van der Waals surface area contributed by atoms with Gasteiger partial charge in [-0.3, -0.25) is 0 Å². The predicted molar refractivity (Wildman–Crippen MR) is 53.1 cm³/mol. The van der Waals surface area contributed by atoms with Gasteiger partial charge in [-0.05, 0) is 17.7 Å². The Kier molecular flexibility index (Phi) is 3.38. The lowest BCUT2D eigenvalue weighted by atomic mass is 10.2. The Morgan fingerprint density at radius 3 is 2.60 bits per heavy atom. The number of methoxy groups -OCH3 is 2. The van der Waals surface area contributed by atoms with E-state index in [1.807, 2.05) is 6.07 Å². The third-order valence-corrected chi connectivity index (χ3v) is 1.74. The van der Waals surface area contributed by atoms with Crippen LogP contribution in [0.2, 0.25) is 0 Å². The summed E-state index contributed by atoms with van der Waals surface area (Å²) in [5.41, 5.74) is 8.85. The second-order valence-corrected chi connectivity index (χ2v) is 2.53. The number of ether oxygens (including phenoxy) is 2. The first-order chi connectivity index (χ1) is 7.26. The number of benzene rings is 1. The van der Waals surface area contributed by atoms with Gasteiger partial charge in [0.1, 0.15) is 6.07 Å². The molecule has 0 aromatic heterocycles. The van der Waals surface area contributed by atoms with Crippen LogP contribution in [0.25, 0.3) is 10.4 Å². The summed E-state index contributed by atoms with van der Waals surface area (Å²) in [5.74, 6) is 0.691. The second kappa shape index (κ2) is 4.74. The molecule has 6 nitrogen and oxygen atoms in total. The number of rotatable bonds is 3. The van der Waals surface area contributed by atoms with Crippen LogP contribution in [0.4, 0.5) is 5.69 Å². The van der Waals surface area contributed by atoms with Gasteiger partial charge in [0.2, 0.25) is 0 Å². The molecule has 1 aromatic rings. The van der Waals surface area contributed by atoms with Crippen molar-refractivity contribution >= 4 is 5.69 Å². The third-order valence-electron chi connectivity index (χ3n) is 1.74. The number of nitriles is 1. The summed E-state index contributed by atoms with van der Waals surface area (Å²) in [5, 5.41) is 12.2. The minimum Gasteiger partial charge on any atom is -0.493 e. The Balaban J connectivity index is 3.43. The number of hydrogen-bond donors (Lipinski definition) is 0. The van der Waals surface area contributed by atoms with Gasteiger partial charge in [-0.2, -0.15) is 5.26 Å². The molecule has 15 heavy (non-hydrogen) atoms. The van der Waals surface area contributed by atoms with Gasteiger partial charge >= 0.3 is 0 Å². The molecule has 6 heteroatoms. The molecule has 0 heterocycles. The average Bonchev–Trinajstić information content (AvgIpc) is 2.28. The fourth-order valence-corrected chi connectivity index (χ4v) is 1.14. The van der Waals surface area contributed by atoms with Gasteiger partial charge in [-0.25, -0.2) is 0 Å². The monoisotopic (exact) mass is 204 g/mol. The largest absolute Gasteiger partial charge is 0.493 e. The summed E-state index contributed by atoms with van der Waals surface area (Å²) in [6, 6.07) is 4.86. The van der Waals surface area contributed by atoms with Crippen molar-refractivity contribution in [2.24, 2.45) is 5.11 Å². The maximum Gasteiger partial charge on any atom is 0.178 e. The molecule has 0 saturated heterocycles. The van der Waals surface area contributed by atoms with Crippen molar-refractivity contribution in [2.45, 2.75) is 0 Å². The first-order valence-corrected chi connectivity index (χ1v) is 3.98. The molecule has 0 aliphatic carbocycles. The maximum absolute atomic E-state index is 8.84. The van der Waals surface area contributed by atoms with Gasteiger partial charge in [0, 0.05) is 10.6 Å². The fourth-order valence-electron chi connectivity index (χ4n) is 1.14. The Labute approximate surface area is 86.3 Å². The first kappa shape index (κ1) is 10.7. The van der Waals surface area contributed by atoms with Crippen molar-refractivity contribution in [1.29, 1.82) is 5.26 Å². The highest BCUT2D eigenvalue weighted by Gasteiger charge is 2.11. The van der Waals surface area contributed by atoms with Crippen LogP contribution in [0.3, 0.4) is 0 Å². The van der Waals surface area contributed by atoms with Gasteiger partial charge in [-0.15, -0.1) is 0 Å². The van der Waals surface area contributed by atoms with Crippen LogP contribution in [0.5, 0.6) is 11.5 Å². The Morgan fingerprint density at radius 1 is 1.40 bits per heavy atom. The molecule has 1 aromatic carbocycles. The van der Waals surface area contributed by atoms with Crippen molar-refractivity contribution in [1.82, 2.24) is 0 Å². The molecule has 0 bridgehead atoms.